The van der Waals surface area contributed by atoms with E-state index in [0.717, 1.165) is 6.42 Å². The van der Waals surface area contributed by atoms with E-state index in [-0.39, 0.29) is 5.54 Å². The van der Waals surface area contributed by atoms with Crippen LogP contribution in [0.15, 0.2) is 0 Å². The van der Waals surface area contributed by atoms with Crippen molar-refractivity contribution in [3.8, 4) is 0 Å². The number of hydrogen-bond acceptors (Lipinski definition) is 1. The fourth-order valence-electron chi connectivity index (χ4n) is 2.09. The molecule has 1 aliphatic rings. The Hall–Kier alpha value is -0.0400. The molecule has 0 bridgehead atoms. The Balaban J connectivity index is 2.76. The molecule has 0 radical (unpaired) electrons. The molecular formula is C9H19N. The lowest BCUT2D eigenvalue weighted by Crippen LogP contribution is -2.47. The van der Waals surface area contributed by atoms with E-state index in [4.69, 9.17) is 5.73 Å². The molecule has 0 aromatic rings. The molecule has 0 saturated heterocycles. The molecule has 10 heavy (non-hydrogen) atoms. The first kappa shape index (κ1) is 8.06. The summed E-state index contributed by atoms with van der Waals surface area (Å²) in [6.45, 7) is 6.79. The second-order valence-corrected chi connectivity index (χ2v) is 4.25. The van der Waals surface area contributed by atoms with Crippen molar-refractivity contribution < 1.29 is 0 Å². The fraction of sp³-hybridized carbons (Fsp3) is 1.00. The van der Waals surface area contributed by atoms with E-state index in [9.17, 15) is 0 Å². The molecule has 1 heteroatoms. The Kier molecular flexibility index (Phi) is 1.80. The molecule has 2 N–H and O–H groups in total. The topological polar surface area (TPSA) is 26.0 Å². The van der Waals surface area contributed by atoms with E-state index >= 15 is 0 Å². The number of rotatable bonds is 1. The van der Waals surface area contributed by atoms with Gasteiger partial charge in [-0.15, -0.1) is 0 Å². The maximum atomic E-state index is 6.24. The third-order valence-corrected chi connectivity index (χ3v) is 3.40. The Morgan fingerprint density at radius 2 is 1.90 bits per heavy atom. The Morgan fingerprint density at radius 1 is 1.30 bits per heavy atom. The van der Waals surface area contributed by atoms with Gasteiger partial charge in [-0.3, -0.25) is 0 Å². The summed E-state index contributed by atoms with van der Waals surface area (Å²) in [5, 5.41) is 0. The highest BCUT2D eigenvalue weighted by Gasteiger charge is 2.43. The normalized spacial score (nSPS) is 38.4. The van der Waals surface area contributed by atoms with Crippen LogP contribution in [-0.4, -0.2) is 5.54 Å². The van der Waals surface area contributed by atoms with Crippen molar-refractivity contribution in [2.24, 2.45) is 11.1 Å². The van der Waals surface area contributed by atoms with Gasteiger partial charge in [0.15, 0.2) is 0 Å². The van der Waals surface area contributed by atoms with Gasteiger partial charge in [-0.1, -0.05) is 27.2 Å². The van der Waals surface area contributed by atoms with Crippen molar-refractivity contribution in [2.75, 3.05) is 0 Å². The summed E-state index contributed by atoms with van der Waals surface area (Å²) in [5.41, 5.74) is 6.74. The molecule has 0 spiro atoms. The van der Waals surface area contributed by atoms with Gasteiger partial charge in [0.1, 0.15) is 0 Å². The monoisotopic (exact) mass is 141 g/mol. The Labute approximate surface area is 64.0 Å². The maximum absolute atomic E-state index is 6.24. The molecule has 1 saturated carbocycles. The third-order valence-electron chi connectivity index (χ3n) is 3.40. The van der Waals surface area contributed by atoms with Crippen LogP contribution < -0.4 is 5.73 Å². The average Bonchev–Trinajstić information content (AvgIpc) is 2.10. The fourth-order valence-corrected chi connectivity index (χ4v) is 2.09. The van der Waals surface area contributed by atoms with Crippen molar-refractivity contribution in [1.82, 2.24) is 0 Å². The van der Waals surface area contributed by atoms with Crippen LogP contribution in [0.25, 0.3) is 0 Å². The summed E-state index contributed by atoms with van der Waals surface area (Å²) in [7, 11) is 0. The van der Waals surface area contributed by atoms with E-state index in [1.54, 1.807) is 0 Å². The van der Waals surface area contributed by atoms with Crippen molar-refractivity contribution in [1.29, 1.82) is 0 Å². The van der Waals surface area contributed by atoms with E-state index in [1.165, 1.54) is 19.3 Å². The predicted octanol–water partition coefficient (Wildman–Crippen LogP) is 2.30. The molecule has 0 aliphatic heterocycles. The van der Waals surface area contributed by atoms with Gasteiger partial charge in [0.05, 0.1) is 0 Å². The van der Waals surface area contributed by atoms with Crippen LogP contribution in [0.1, 0.15) is 46.5 Å². The van der Waals surface area contributed by atoms with Crippen LogP contribution in [0, 0.1) is 5.41 Å². The van der Waals surface area contributed by atoms with Crippen LogP contribution in [0.2, 0.25) is 0 Å². The van der Waals surface area contributed by atoms with E-state index < -0.39 is 0 Å². The Bertz CT molecular complexity index is 129. The van der Waals surface area contributed by atoms with E-state index in [2.05, 4.69) is 20.8 Å². The molecule has 1 rings (SSSR count). The zero-order valence-corrected chi connectivity index (χ0v) is 7.41. The summed E-state index contributed by atoms with van der Waals surface area (Å²) >= 11 is 0. The first-order valence-electron chi connectivity index (χ1n) is 4.31. The van der Waals surface area contributed by atoms with Crippen LogP contribution >= 0.6 is 0 Å². The summed E-state index contributed by atoms with van der Waals surface area (Å²) in [6.07, 6.45) is 4.96. The van der Waals surface area contributed by atoms with Gasteiger partial charge >= 0.3 is 0 Å². The maximum Gasteiger partial charge on any atom is 0.0203 e. The van der Waals surface area contributed by atoms with Crippen LogP contribution in [0.4, 0.5) is 0 Å². The van der Waals surface area contributed by atoms with E-state index in [0.29, 0.717) is 5.41 Å². The predicted molar refractivity (Wildman–Crippen MR) is 44.8 cm³/mol. The van der Waals surface area contributed by atoms with Crippen molar-refractivity contribution >= 4 is 0 Å². The van der Waals surface area contributed by atoms with Crippen LogP contribution in [0.3, 0.4) is 0 Å². The summed E-state index contributed by atoms with van der Waals surface area (Å²) in [6, 6.07) is 0. The highest BCUT2D eigenvalue weighted by Crippen LogP contribution is 2.45. The SMILES string of the molecule is CC[C@]1(N)CCCC1(C)C. The highest BCUT2D eigenvalue weighted by molar-refractivity contribution is 5.01. The van der Waals surface area contributed by atoms with Crippen molar-refractivity contribution in [3.05, 3.63) is 0 Å². The third kappa shape index (κ3) is 0.968. The average molecular weight is 141 g/mol. The molecule has 0 heterocycles. The molecule has 1 atom stereocenters. The minimum Gasteiger partial charge on any atom is -0.325 e. The second-order valence-electron chi connectivity index (χ2n) is 4.25. The molecular weight excluding hydrogens is 122 g/mol. The zero-order valence-electron chi connectivity index (χ0n) is 7.41. The van der Waals surface area contributed by atoms with E-state index in [1.807, 2.05) is 0 Å². The van der Waals surface area contributed by atoms with Gasteiger partial charge in [0.2, 0.25) is 0 Å². The van der Waals surface area contributed by atoms with Crippen LogP contribution in [0.5, 0.6) is 0 Å². The molecule has 1 aliphatic carbocycles. The molecule has 1 nitrogen and oxygen atoms in total. The van der Waals surface area contributed by atoms with Gasteiger partial charge in [-0.2, -0.15) is 0 Å². The molecule has 0 unspecified atom stereocenters. The first-order valence-corrected chi connectivity index (χ1v) is 4.31. The van der Waals surface area contributed by atoms with Gasteiger partial charge < -0.3 is 5.73 Å². The highest BCUT2D eigenvalue weighted by atomic mass is 14.8. The lowest BCUT2D eigenvalue weighted by Gasteiger charge is -2.37. The quantitative estimate of drug-likeness (QED) is 0.595. The summed E-state index contributed by atoms with van der Waals surface area (Å²) in [5.74, 6) is 0. The summed E-state index contributed by atoms with van der Waals surface area (Å²) in [4.78, 5) is 0. The van der Waals surface area contributed by atoms with Gasteiger partial charge in [0, 0.05) is 5.54 Å². The minimum atomic E-state index is 0.132. The minimum absolute atomic E-state index is 0.132. The molecule has 0 aromatic carbocycles. The first-order chi connectivity index (χ1) is 4.52. The number of hydrogen-bond donors (Lipinski definition) is 1. The standard InChI is InChI=1S/C9H19N/c1-4-9(10)7-5-6-8(9,2)3/h4-7,10H2,1-3H3/t9-/m0/s1. The van der Waals surface area contributed by atoms with Gasteiger partial charge in [0.25, 0.3) is 0 Å². The van der Waals surface area contributed by atoms with Crippen molar-refractivity contribution in [3.63, 3.8) is 0 Å². The van der Waals surface area contributed by atoms with Crippen molar-refractivity contribution in [2.45, 2.75) is 52.0 Å². The second kappa shape index (κ2) is 2.23. The largest absolute Gasteiger partial charge is 0.325 e. The zero-order chi connectivity index (χ0) is 7.83. The molecule has 0 aromatic heterocycles. The van der Waals surface area contributed by atoms with Crippen LogP contribution in [-0.2, 0) is 0 Å². The number of nitrogens with two attached hydrogens (primary N) is 1. The van der Waals surface area contributed by atoms with Gasteiger partial charge in [-0.05, 0) is 24.7 Å². The smallest absolute Gasteiger partial charge is 0.0203 e. The molecule has 60 valence electrons. The molecule has 1 fully saturated rings. The van der Waals surface area contributed by atoms with Gasteiger partial charge in [-0.25, -0.2) is 0 Å². The Morgan fingerprint density at radius 3 is 2.10 bits per heavy atom. The summed E-state index contributed by atoms with van der Waals surface area (Å²) < 4.78 is 0. The molecule has 0 amide bonds. The lowest BCUT2D eigenvalue weighted by atomic mass is 9.74. The lowest BCUT2D eigenvalue weighted by molar-refractivity contribution is 0.202.